The second-order valence-corrected chi connectivity index (χ2v) is 5.54. The summed E-state index contributed by atoms with van der Waals surface area (Å²) in [7, 11) is 0. The first-order chi connectivity index (χ1) is 7.78. The van der Waals surface area contributed by atoms with Crippen LogP contribution in [0, 0.1) is 5.92 Å². The van der Waals surface area contributed by atoms with Gasteiger partial charge in [0.25, 0.3) is 0 Å². The zero-order valence-electron chi connectivity index (χ0n) is 10.7. The number of carbonyl (C=O) groups excluding carboxylic acids is 1. The Hall–Kier alpha value is -1.26. The Labute approximate surface area is 102 Å². The highest BCUT2D eigenvalue weighted by Gasteiger charge is 2.28. The smallest absolute Gasteiger partial charge is 0.407 e. The fraction of sp³-hybridized carbons (Fsp3) is 0.833. The second kappa shape index (κ2) is 5.38. The molecule has 0 radical (unpaired) electrons. The third-order valence-corrected chi connectivity index (χ3v) is 2.74. The van der Waals surface area contributed by atoms with Crippen molar-refractivity contribution >= 4 is 12.1 Å². The van der Waals surface area contributed by atoms with E-state index < -0.39 is 17.7 Å². The third kappa shape index (κ3) is 5.06. The summed E-state index contributed by atoms with van der Waals surface area (Å²) in [5, 5.41) is 11.7. The molecule has 5 nitrogen and oxygen atoms in total. The summed E-state index contributed by atoms with van der Waals surface area (Å²) in [6, 6.07) is -0.0836. The molecule has 0 saturated heterocycles. The Kier molecular flexibility index (Phi) is 4.37. The van der Waals surface area contributed by atoms with Crippen LogP contribution in [0.25, 0.3) is 0 Å². The van der Waals surface area contributed by atoms with Gasteiger partial charge in [-0.2, -0.15) is 0 Å². The molecule has 2 atom stereocenters. The summed E-state index contributed by atoms with van der Waals surface area (Å²) < 4.78 is 5.14. The highest BCUT2D eigenvalue weighted by Crippen LogP contribution is 2.24. The van der Waals surface area contributed by atoms with E-state index in [1.807, 2.05) is 0 Å². The van der Waals surface area contributed by atoms with Crippen molar-refractivity contribution in [2.45, 2.75) is 58.1 Å². The molecule has 1 rings (SSSR count). The molecular formula is C12H21NO4. The Morgan fingerprint density at radius 2 is 1.94 bits per heavy atom. The summed E-state index contributed by atoms with van der Waals surface area (Å²) in [6.45, 7) is 5.40. The van der Waals surface area contributed by atoms with Gasteiger partial charge in [0, 0.05) is 6.04 Å². The molecule has 0 bridgehead atoms. The molecule has 2 N–H and O–H groups in total. The maximum Gasteiger partial charge on any atom is 0.407 e. The van der Waals surface area contributed by atoms with E-state index in [2.05, 4.69) is 5.32 Å². The standard InChI is InChI=1S/C12H21NO4/c1-12(2,3)17-11(16)13-9-6-4-5-8(7-9)10(14)15/h8-9H,4-7H2,1-3H3,(H,13,16)(H,14,15)/t8?,9-/m0/s1. The number of ether oxygens (including phenoxy) is 1. The van der Waals surface area contributed by atoms with Gasteiger partial charge in [-0.25, -0.2) is 4.79 Å². The zero-order chi connectivity index (χ0) is 13.1. The van der Waals surface area contributed by atoms with Crippen LogP contribution in [0.3, 0.4) is 0 Å². The van der Waals surface area contributed by atoms with Gasteiger partial charge >= 0.3 is 12.1 Å². The van der Waals surface area contributed by atoms with E-state index in [1.165, 1.54) is 0 Å². The Balaban J connectivity index is 2.41. The molecule has 1 fully saturated rings. The SMILES string of the molecule is CC(C)(C)OC(=O)N[C@H]1CCCC(C(=O)O)C1. The maximum absolute atomic E-state index is 11.5. The molecule has 1 saturated carbocycles. The van der Waals surface area contributed by atoms with E-state index in [0.717, 1.165) is 12.8 Å². The number of carboxylic acid groups (broad SMARTS) is 1. The number of alkyl carbamates (subject to hydrolysis) is 1. The van der Waals surface area contributed by atoms with Gasteiger partial charge in [0.2, 0.25) is 0 Å². The summed E-state index contributed by atoms with van der Waals surface area (Å²) in [4.78, 5) is 22.4. The number of carboxylic acids is 1. The van der Waals surface area contributed by atoms with Gasteiger partial charge in [0.05, 0.1) is 5.92 Å². The van der Waals surface area contributed by atoms with E-state index in [1.54, 1.807) is 20.8 Å². The van der Waals surface area contributed by atoms with Crippen LogP contribution in [0.15, 0.2) is 0 Å². The van der Waals surface area contributed by atoms with Gasteiger partial charge in [0.15, 0.2) is 0 Å². The minimum atomic E-state index is -0.777. The van der Waals surface area contributed by atoms with Crippen LogP contribution in [0.2, 0.25) is 0 Å². The average Bonchev–Trinajstić information content (AvgIpc) is 2.14. The molecule has 98 valence electrons. The summed E-state index contributed by atoms with van der Waals surface area (Å²) in [6.07, 6.45) is 2.38. The van der Waals surface area contributed by atoms with Gasteiger partial charge in [-0.05, 0) is 40.0 Å². The molecule has 0 heterocycles. The highest BCUT2D eigenvalue weighted by molar-refractivity contribution is 5.71. The minimum absolute atomic E-state index is 0.0836. The van der Waals surface area contributed by atoms with E-state index >= 15 is 0 Å². The van der Waals surface area contributed by atoms with Gasteiger partial charge in [0.1, 0.15) is 5.60 Å². The average molecular weight is 243 g/mol. The van der Waals surface area contributed by atoms with Crippen LogP contribution < -0.4 is 5.32 Å². The van der Waals surface area contributed by atoms with Crippen molar-refractivity contribution in [3.05, 3.63) is 0 Å². The van der Waals surface area contributed by atoms with Crippen molar-refractivity contribution < 1.29 is 19.4 Å². The molecule has 1 amide bonds. The molecule has 17 heavy (non-hydrogen) atoms. The quantitative estimate of drug-likeness (QED) is 0.779. The molecule has 0 aromatic carbocycles. The minimum Gasteiger partial charge on any atom is -0.481 e. The molecule has 0 aromatic rings. The van der Waals surface area contributed by atoms with Crippen LogP contribution in [0.5, 0.6) is 0 Å². The topological polar surface area (TPSA) is 75.6 Å². The van der Waals surface area contributed by atoms with Crippen molar-refractivity contribution in [2.75, 3.05) is 0 Å². The molecule has 1 unspecified atom stereocenters. The first-order valence-electron chi connectivity index (χ1n) is 6.00. The first kappa shape index (κ1) is 13.8. The summed E-state index contributed by atoms with van der Waals surface area (Å²) in [5.74, 6) is -1.12. The second-order valence-electron chi connectivity index (χ2n) is 5.54. The molecule has 0 aliphatic heterocycles. The Bertz CT molecular complexity index is 295. The largest absolute Gasteiger partial charge is 0.481 e. The first-order valence-corrected chi connectivity index (χ1v) is 6.00. The summed E-state index contributed by atoms with van der Waals surface area (Å²) in [5.41, 5.74) is -0.523. The van der Waals surface area contributed by atoms with Crippen molar-refractivity contribution in [2.24, 2.45) is 5.92 Å². The molecule has 0 spiro atoms. The van der Waals surface area contributed by atoms with E-state index in [9.17, 15) is 9.59 Å². The van der Waals surface area contributed by atoms with Crippen LogP contribution in [0.1, 0.15) is 46.5 Å². The van der Waals surface area contributed by atoms with E-state index in [4.69, 9.17) is 9.84 Å². The number of hydrogen-bond donors (Lipinski definition) is 2. The van der Waals surface area contributed by atoms with Crippen molar-refractivity contribution in [3.8, 4) is 0 Å². The van der Waals surface area contributed by atoms with Crippen LogP contribution in [-0.4, -0.2) is 28.8 Å². The maximum atomic E-state index is 11.5. The lowest BCUT2D eigenvalue weighted by Crippen LogP contribution is -2.42. The lowest BCUT2D eigenvalue weighted by Gasteiger charge is -2.28. The lowest BCUT2D eigenvalue weighted by atomic mass is 9.86. The molecular weight excluding hydrogens is 222 g/mol. The third-order valence-electron chi connectivity index (χ3n) is 2.74. The van der Waals surface area contributed by atoms with E-state index in [-0.39, 0.29) is 12.0 Å². The van der Waals surface area contributed by atoms with Gasteiger partial charge in [-0.1, -0.05) is 6.42 Å². The number of hydrogen-bond acceptors (Lipinski definition) is 3. The zero-order valence-corrected chi connectivity index (χ0v) is 10.7. The fourth-order valence-corrected chi connectivity index (χ4v) is 2.02. The number of aliphatic carboxylic acids is 1. The predicted octanol–water partition coefficient (Wildman–Crippen LogP) is 2.15. The Morgan fingerprint density at radius 3 is 2.47 bits per heavy atom. The summed E-state index contributed by atoms with van der Waals surface area (Å²) >= 11 is 0. The fourth-order valence-electron chi connectivity index (χ4n) is 2.02. The number of amides is 1. The number of rotatable bonds is 2. The van der Waals surface area contributed by atoms with Gasteiger partial charge in [-0.3, -0.25) is 4.79 Å². The highest BCUT2D eigenvalue weighted by atomic mass is 16.6. The van der Waals surface area contributed by atoms with Crippen molar-refractivity contribution in [1.29, 1.82) is 0 Å². The molecule has 5 heteroatoms. The monoisotopic (exact) mass is 243 g/mol. The van der Waals surface area contributed by atoms with Crippen LogP contribution >= 0.6 is 0 Å². The Morgan fingerprint density at radius 1 is 1.29 bits per heavy atom. The predicted molar refractivity (Wildman–Crippen MR) is 62.8 cm³/mol. The molecule has 1 aliphatic rings. The lowest BCUT2D eigenvalue weighted by molar-refractivity contribution is -0.143. The number of nitrogens with one attached hydrogen (secondary N) is 1. The molecule has 0 aromatic heterocycles. The van der Waals surface area contributed by atoms with Gasteiger partial charge in [-0.15, -0.1) is 0 Å². The van der Waals surface area contributed by atoms with Crippen LogP contribution in [-0.2, 0) is 9.53 Å². The molecule has 1 aliphatic carbocycles. The van der Waals surface area contributed by atoms with Crippen molar-refractivity contribution in [3.63, 3.8) is 0 Å². The van der Waals surface area contributed by atoms with Crippen molar-refractivity contribution in [1.82, 2.24) is 5.32 Å². The normalized spacial score (nSPS) is 25.1. The van der Waals surface area contributed by atoms with Crippen LogP contribution in [0.4, 0.5) is 4.79 Å². The number of carbonyl (C=O) groups is 2. The van der Waals surface area contributed by atoms with E-state index in [0.29, 0.717) is 12.8 Å². The van der Waals surface area contributed by atoms with Gasteiger partial charge < -0.3 is 15.2 Å².